The molecule has 2 aromatic heterocycles. The maximum Gasteiger partial charge on any atom is 0.335 e. The average molecular weight is 468 g/mol. The molecule has 1 aromatic carbocycles. The van der Waals surface area contributed by atoms with E-state index in [9.17, 15) is 19.8 Å². The number of nitrogens with one attached hydrogen (secondary N) is 1. The van der Waals surface area contributed by atoms with E-state index in [1.54, 1.807) is 25.4 Å². The Morgan fingerprint density at radius 3 is 2.48 bits per heavy atom. The van der Waals surface area contributed by atoms with E-state index in [1.165, 1.54) is 12.1 Å². The van der Waals surface area contributed by atoms with Gasteiger partial charge in [-0.2, -0.15) is 0 Å². The number of aromatic carboxylic acids is 2. The van der Waals surface area contributed by atoms with Gasteiger partial charge >= 0.3 is 11.9 Å². The van der Waals surface area contributed by atoms with Crippen LogP contribution in [0.2, 0.25) is 0 Å². The topological polar surface area (TPSA) is 125 Å². The Morgan fingerprint density at radius 2 is 1.88 bits per heavy atom. The first-order valence-electron chi connectivity index (χ1n) is 10.1. The van der Waals surface area contributed by atoms with Crippen LogP contribution in [0.15, 0.2) is 59.1 Å². The molecule has 2 atom stereocenters. The van der Waals surface area contributed by atoms with Crippen molar-refractivity contribution in [3.63, 3.8) is 0 Å². The van der Waals surface area contributed by atoms with Crippen LogP contribution in [0.1, 0.15) is 44.3 Å². The van der Waals surface area contributed by atoms with Crippen molar-refractivity contribution in [3.8, 4) is 11.3 Å². The van der Waals surface area contributed by atoms with Gasteiger partial charge in [0.05, 0.1) is 29.5 Å². The highest BCUT2D eigenvalue weighted by atomic mass is 32.1. The number of carbonyl (C=O) groups is 2. The van der Waals surface area contributed by atoms with Gasteiger partial charge in [0.2, 0.25) is 0 Å². The summed E-state index contributed by atoms with van der Waals surface area (Å²) in [7, 11) is 1.61. The van der Waals surface area contributed by atoms with Crippen LogP contribution in [-0.4, -0.2) is 57.4 Å². The molecule has 1 aliphatic rings. The Balaban J connectivity index is 1.75. The number of pyridine rings is 1. The molecule has 10 heteroatoms. The van der Waals surface area contributed by atoms with Crippen LogP contribution in [0.5, 0.6) is 0 Å². The second-order valence-corrected chi connectivity index (χ2v) is 7.81. The molecule has 0 spiro atoms. The standard InChI is InChI=1S/C23H21N3O6S/c1-31-9-8-26-20(19(25-23(26)33)16-4-2-3-7-24-16)18-6-5-17(32-18)13-10-14(21(27)28)12-15(11-13)22(29)30/h2-7,10-12,19-20H,8-9H2,1H3,(H,25,33)(H,27,28)(H,29,30). The van der Waals surface area contributed by atoms with Crippen LogP contribution in [-0.2, 0) is 4.74 Å². The lowest BCUT2D eigenvalue weighted by molar-refractivity contribution is 0.0696. The van der Waals surface area contributed by atoms with Gasteiger partial charge in [0, 0.05) is 25.4 Å². The summed E-state index contributed by atoms with van der Waals surface area (Å²) in [6.07, 6.45) is 1.70. The molecule has 3 aromatic rings. The molecular formula is C23H21N3O6S. The van der Waals surface area contributed by atoms with E-state index in [2.05, 4.69) is 10.3 Å². The van der Waals surface area contributed by atoms with Crippen LogP contribution < -0.4 is 5.32 Å². The van der Waals surface area contributed by atoms with Gasteiger partial charge in [0.15, 0.2) is 5.11 Å². The van der Waals surface area contributed by atoms with E-state index < -0.39 is 11.9 Å². The number of rotatable bonds is 8. The van der Waals surface area contributed by atoms with Gasteiger partial charge in [-0.25, -0.2) is 9.59 Å². The van der Waals surface area contributed by atoms with Crippen molar-refractivity contribution in [3.05, 3.63) is 77.3 Å². The van der Waals surface area contributed by atoms with E-state index in [0.717, 1.165) is 11.8 Å². The third-order valence-electron chi connectivity index (χ3n) is 5.36. The first-order chi connectivity index (χ1) is 15.9. The zero-order chi connectivity index (χ0) is 23.5. The third kappa shape index (κ3) is 4.57. The second kappa shape index (κ2) is 9.39. The van der Waals surface area contributed by atoms with Crippen molar-refractivity contribution in [2.75, 3.05) is 20.3 Å². The molecule has 1 saturated heterocycles. The Bertz CT molecular complexity index is 1160. The van der Waals surface area contributed by atoms with Gasteiger partial charge in [0.25, 0.3) is 0 Å². The van der Waals surface area contributed by atoms with Gasteiger partial charge in [-0.3, -0.25) is 4.98 Å². The Labute approximate surface area is 194 Å². The number of carboxylic acids is 2. The van der Waals surface area contributed by atoms with E-state index in [0.29, 0.717) is 35.3 Å². The Hall–Kier alpha value is -3.76. The lowest BCUT2D eigenvalue weighted by atomic mass is 10.0. The number of benzene rings is 1. The number of carboxylic acid groups (broad SMARTS) is 2. The summed E-state index contributed by atoms with van der Waals surface area (Å²) in [4.78, 5) is 29.4. The van der Waals surface area contributed by atoms with Crippen LogP contribution >= 0.6 is 12.2 Å². The zero-order valence-corrected chi connectivity index (χ0v) is 18.4. The molecule has 33 heavy (non-hydrogen) atoms. The number of nitrogens with zero attached hydrogens (tertiary/aromatic N) is 2. The van der Waals surface area contributed by atoms with Gasteiger partial charge in [-0.15, -0.1) is 0 Å². The second-order valence-electron chi connectivity index (χ2n) is 7.42. The van der Waals surface area contributed by atoms with Crippen molar-refractivity contribution >= 4 is 29.3 Å². The first-order valence-corrected chi connectivity index (χ1v) is 10.5. The normalized spacial score (nSPS) is 17.7. The van der Waals surface area contributed by atoms with Crippen LogP contribution in [0, 0.1) is 0 Å². The molecule has 0 saturated carbocycles. The summed E-state index contributed by atoms with van der Waals surface area (Å²) in [6.45, 7) is 0.966. The van der Waals surface area contributed by atoms with Crippen molar-refractivity contribution < 1.29 is 29.0 Å². The number of aromatic nitrogens is 1. The molecule has 170 valence electrons. The minimum Gasteiger partial charge on any atom is -0.478 e. The number of furan rings is 1. The van der Waals surface area contributed by atoms with Crippen molar-refractivity contribution in [1.82, 2.24) is 15.2 Å². The maximum atomic E-state index is 11.5. The fraction of sp³-hybridized carbons (Fsp3) is 0.217. The molecule has 9 nitrogen and oxygen atoms in total. The molecule has 4 rings (SSSR count). The summed E-state index contributed by atoms with van der Waals surface area (Å²) < 4.78 is 11.4. The molecule has 0 radical (unpaired) electrons. The zero-order valence-electron chi connectivity index (χ0n) is 17.6. The maximum absolute atomic E-state index is 11.5. The Kier molecular flexibility index (Phi) is 6.38. The van der Waals surface area contributed by atoms with Crippen LogP contribution in [0.4, 0.5) is 0 Å². The van der Waals surface area contributed by atoms with Gasteiger partial charge in [-0.05, 0) is 54.7 Å². The predicted molar refractivity (Wildman–Crippen MR) is 122 cm³/mol. The highest BCUT2D eigenvalue weighted by Crippen LogP contribution is 2.40. The molecular weight excluding hydrogens is 446 g/mol. The van der Waals surface area contributed by atoms with Crippen LogP contribution in [0.3, 0.4) is 0 Å². The lowest BCUT2D eigenvalue weighted by Crippen LogP contribution is -2.32. The number of ether oxygens (including phenoxy) is 1. The minimum atomic E-state index is -1.22. The number of methoxy groups -OCH3 is 1. The molecule has 0 aliphatic carbocycles. The number of hydrogen-bond donors (Lipinski definition) is 3. The van der Waals surface area contributed by atoms with E-state index in [4.69, 9.17) is 21.4 Å². The summed E-state index contributed by atoms with van der Waals surface area (Å²) in [5.41, 5.74) is 0.855. The Morgan fingerprint density at radius 1 is 1.15 bits per heavy atom. The monoisotopic (exact) mass is 467 g/mol. The summed E-state index contributed by atoms with van der Waals surface area (Å²) in [6, 6.07) is 12.3. The quantitative estimate of drug-likeness (QED) is 0.425. The average Bonchev–Trinajstić information content (AvgIpc) is 3.42. The summed E-state index contributed by atoms with van der Waals surface area (Å²) in [5, 5.41) is 22.6. The van der Waals surface area contributed by atoms with Gasteiger partial charge in [0.1, 0.15) is 17.6 Å². The van der Waals surface area contributed by atoms with Gasteiger partial charge in [-0.1, -0.05) is 6.07 Å². The van der Waals surface area contributed by atoms with Crippen molar-refractivity contribution in [2.24, 2.45) is 0 Å². The smallest absolute Gasteiger partial charge is 0.335 e. The third-order valence-corrected chi connectivity index (χ3v) is 5.72. The van der Waals surface area contributed by atoms with Crippen molar-refractivity contribution in [1.29, 1.82) is 0 Å². The molecule has 0 amide bonds. The highest BCUT2D eigenvalue weighted by Gasteiger charge is 2.41. The number of hydrogen-bond acceptors (Lipinski definition) is 6. The summed E-state index contributed by atoms with van der Waals surface area (Å²) in [5.74, 6) is -1.53. The molecule has 2 unspecified atom stereocenters. The van der Waals surface area contributed by atoms with Crippen molar-refractivity contribution in [2.45, 2.75) is 12.1 Å². The van der Waals surface area contributed by atoms with E-state index >= 15 is 0 Å². The fourth-order valence-electron chi connectivity index (χ4n) is 3.83. The van der Waals surface area contributed by atoms with Crippen LogP contribution in [0.25, 0.3) is 11.3 Å². The molecule has 1 aliphatic heterocycles. The molecule has 3 N–H and O–H groups in total. The van der Waals surface area contributed by atoms with E-state index in [1.807, 2.05) is 23.1 Å². The molecule has 1 fully saturated rings. The SMILES string of the molecule is COCCN1C(=S)NC(c2ccccn2)C1c1ccc(-c2cc(C(=O)O)cc(C(=O)O)c2)o1. The number of thiocarbonyl (C=S) groups is 1. The van der Waals surface area contributed by atoms with Gasteiger partial charge < -0.3 is 29.6 Å². The molecule has 3 heterocycles. The summed E-state index contributed by atoms with van der Waals surface area (Å²) >= 11 is 5.56. The first kappa shape index (κ1) is 22.4. The lowest BCUT2D eigenvalue weighted by Gasteiger charge is -2.25. The largest absolute Gasteiger partial charge is 0.478 e. The minimum absolute atomic E-state index is 0.139. The highest BCUT2D eigenvalue weighted by molar-refractivity contribution is 7.80. The van der Waals surface area contributed by atoms with E-state index in [-0.39, 0.29) is 23.2 Å². The fourth-order valence-corrected chi connectivity index (χ4v) is 4.16. The predicted octanol–water partition coefficient (Wildman–Crippen LogP) is 3.36. The molecule has 0 bridgehead atoms.